The minimum absolute atomic E-state index is 0.0110. The van der Waals surface area contributed by atoms with Gasteiger partial charge in [0.25, 0.3) is 5.69 Å². The molecule has 1 fully saturated rings. The normalized spacial score (nSPS) is 19.7. The second kappa shape index (κ2) is 8.43. The molecule has 2 atom stereocenters. The predicted molar refractivity (Wildman–Crippen MR) is 92.2 cm³/mol. The fourth-order valence-electron chi connectivity index (χ4n) is 2.59. The average molecular weight is 363 g/mol. The molecule has 0 aliphatic carbocycles. The number of nitrogens with zero attached hydrogens (tertiary/aromatic N) is 1. The zero-order chi connectivity index (χ0) is 19.3. The minimum atomic E-state index is -0.922. The summed E-state index contributed by atoms with van der Waals surface area (Å²) in [5.41, 5.74) is 0.439. The van der Waals surface area contributed by atoms with Crippen LogP contribution in [-0.2, 0) is 14.3 Å². The van der Waals surface area contributed by atoms with E-state index in [4.69, 9.17) is 9.47 Å². The molecule has 140 valence electrons. The quantitative estimate of drug-likeness (QED) is 0.331. The van der Waals surface area contributed by atoms with E-state index < -0.39 is 28.9 Å². The van der Waals surface area contributed by atoms with Crippen LogP contribution in [-0.4, -0.2) is 36.2 Å². The molecular formula is C17H21N3O6. The third-order valence-corrected chi connectivity index (χ3v) is 3.74. The number of ether oxygens (including phenoxy) is 2. The molecule has 2 amide bonds. The van der Waals surface area contributed by atoms with Gasteiger partial charge in [-0.3, -0.25) is 14.9 Å². The molecule has 1 aliphatic heterocycles. The van der Waals surface area contributed by atoms with Gasteiger partial charge in [0.2, 0.25) is 0 Å². The van der Waals surface area contributed by atoms with Crippen LogP contribution >= 0.6 is 0 Å². The van der Waals surface area contributed by atoms with Crippen molar-refractivity contribution in [3.8, 4) is 0 Å². The first-order valence-electron chi connectivity index (χ1n) is 8.08. The van der Waals surface area contributed by atoms with Crippen molar-refractivity contribution in [1.82, 2.24) is 10.6 Å². The number of rotatable bonds is 7. The van der Waals surface area contributed by atoms with Crippen LogP contribution in [0.5, 0.6) is 0 Å². The van der Waals surface area contributed by atoms with Crippen molar-refractivity contribution >= 4 is 17.7 Å². The number of amides is 2. The van der Waals surface area contributed by atoms with Crippen LogP contribution in [0.25, 0.3) is 0 Å². The van der Waals surface area contributed by atoms with E-state index in [1.807, 2.05) is 13.8 Å². The smallest absolute Gasteiger partial charge is 0.319 e. The van der Waals surface area contributed by atoms with Crippen LogP contribution in [0.4, 0.5) is 10.5 Å². The van der Waals surface area contributed by atoms with E-state index in [2.05, 4.69) is 17.2 Å². The van der Waals surface area contributed by atoms with Crippen molar-refractivity contribution < 1.29 is 24.0 Å². The van der Waals surface area contributed by atoms with Crippen molar-refractivity contribution in [1.29, 1.82) is 0 Å². The molecule has 26 heavy (non-hydrogen) atoms. The maximum Gasteiger partial charge on any atom is 0.319 e. The number of nitro groups is 1. The summed E-state index contributed by atoms with van der Waals surface area (Å²) in [6.07, 6.45) is 0.0110. The van der Waals surface area contributed by atoms with Crippen LogP contribution in [0.2, 0.25) is 0 Å². The third kappa shape index (κ3) is 4.79. The second-order valence-corrected chi connectivity index (χ2v) is 6.02. The number of urea groups is 1. The van der Waals surface area contributed by atoms with Gasteiger partial charge >= 0.3 is 12.0 Å². The molecule has 0 radical (unpaired) electrons. The summed E-state index contributed by atoms with van der Waals surface area (Å²) in [4.78, 5) is 34.7. The van der Waals surface area contributed by atoms with E-state index in [1.165, 1.54) is 18.2 Å². The predicted octanol–water partition coefficient (Wildman–Crippen LogP) is 2.05. The molecule has 9 nitrogen and oxygen atoms in total. The number of esters is 1. The molecule has 0 aromatic heterocycles. The summed E-state index contributed by atoms with van der Waals surface area (Å²) in [5, 5.41) is 16.0. The van der Waals surface area contributed by atoms with Crippen LogP contribution in [0.3, 0.4) is 0 Å². The van der Waals surface area contributed by atoms with Crippen LogP contribution in [0.1, 0.15) is 25.5 Å². The molecule has 2 N–H and O–H groups in total. The number of hydrogen-bond donors (Lipinski definition) is 2. The lowest BCUT2D eigenvalue weighted by atomic mass is 9.89. The molecule has 9 heteroatoms. The van der Waals surface area contributed by atoms with E-state index in [9.17, 15) is 19.7 Å². The molecule has 0 saturated carbocycles. The minimum Gasteiger partial charge on any atom is -0.463 e. The van der Waals surface area contributed by atoms with E-state index in [0.717, 1.165) is 0 Å². The Kier molecular flexibility index (Phi) is 6.29. The number of carbonyl (C=O) groups is 2. The lowest BCUT2D eigenvalue weighted by molar-refractivity contribution is -0.384. The zero-order valence-corrected chi connectivity index (χ0v) is 14.6. The van der Waals surface area contributed by atoms with Gasteiger partial charge < -0.3 is 20.1 Å². The van der Waals surface area contributed by atoms with E-state index >= 15 is 0 Å². The van der Waals surface area contributed by atoms with Gasteiger partial charge in [0.05, 0.1) is 23.7 Å². The van der Waals surface area contributed by atoms with Gasteiger partial charge in [-0.1, -0.05) is 18.7 Å². The van der Waals surface area contributed by atoms with Crippen LogP contribution < -0.4 is 10.6 Å². The van der Waals surface area contributed by atoms with E-state index in [1.54, 1.807) is 6.07 Å². The molecule has 0 bridgehead atoms. The highest BCUT2D eigenvalue weighted by molar-refractivity contribution is 5.85. The Balaban J connectivity index is 2.19. The summed E-state index contributed by atoms with van der Waals surface area (Å²) >= 11 is 0. The Morgan fingerprint density at radius 3 is 2.77 bits per heavy atom. The monoisotopic (exact) mass is 363 g/mol. The van der Waals surface area contributed by atoms with Gasteiger partial charge in [-0.05, 0) is 19.4 Å². The van der Waals surface area contributed by atoms with Gasteiger partial charge in [0.15, 0.2) is 0 Å². The SMILES string of the molecule is C=C1NC(=O)N[C@H](c2cccc([N+](=O)[O-])c2)[C@@H]1C(=O)OCCOC(C)C. The van der Waals surface area contributed by atoms with Gasteiger partial charge in [-0.2, -0.15) is 0 Å². The summed E-state index contributed by atoms with van der Waals surface area (Å²) in [7, 11) is 0. The molecular weight excluding hydrogens is 342 g/mol. The lowest BCUT2D eigenvalue weighted by Gasteiger charge is -2.33. The van der Waals surface area contributed by atoms with E-state index in [-0.39, 0.29) is 30.7 Å². The second-order valence-electron chi connectivity index (χ2n) is 6.02. The van der Waals surface area contributed by atoms with Crippen LogP contribution in [0.15, 0.2) is 36.5 Å². The molecule has 1 heterocycles. The largest absolute Gasteiger partial charge is 0.463 e. The van der Waals surface area contributed by atoms with Gasteiger partial charge in [0, 0.05) is 17.8 Å². The van der Waals surface area contributed by atoms with Crippen molar-refractivity contribution in [2.24, 2.45) is 5.92 Å². The standard InChI is InChI=1S/C17H21N3O6/c1-10(2)25-7-8-26-16(21)14-11(3)18-17(22)19-15(14)12-5-4-6-13(9-12)20(23)24/h4-6,9-10,14-15H,3,7-8H2,1-2H3,(H2,18,19,22)/t14-,15-/m1/s1. The number of benzene rings is 1. The Morgan fingerprint density at radius 2 is 2.12 bits per heavy atom. The van der Waals surface area contributed by atoms with Gasteiger partial charge in [0.1, 0.15) is 12.5 Å². The molecule has 1 aromatic carbocycles. The maximum absolute atomic E-state index is 12.5. The Bertz CT molecular complexity index is 718. The topological polar surface area (TPSA) is 120 Å². The number of non-ortho nitro benzene ring substituents is 1. The van der Waals surface area contributed by atoms with Gasteiger partial charge in [-0.15, -0.1) is 0 Å². The first kappa shape index (κ1) is 19.4. The summed E-state index contributed by atoms with van der Waals surface area (Å²) < 4.78 is 10.5. The third-order valence-electron chi connectivity index (χ3n) is 3.74. The first-order chi connectivity index (χ1) is 12.3. The van der Waals surface area contributed by atoms with Crippen molar-refractivity contribution in [2.75, 3.05) is 13.2 Å². The summed E-state index contributed by atoms with van der Waals surface area (Å²) in [6.45, 7) is 7.74. The number of nitro benzene ring substituents is 1. The molecule has 1 saturated heterocycles. The Hall–Kier alpha value is -2.94. The number of hydrogen-bond acceptors (Lipinski definition) is 6. The molecule has 1 aromatic rings. The maximum atomic E-state index is 12.5. The zero-order valence-electron chi connectivity index (χ0n) is 14.6. The Morgan fingerprint density at radius 1 is 1.38 bits per heavy atom. The average Bonchev–Trinajstić information content (AvgIpc) is 2.57. The lowest BCUT2D eigenvalue weighted by Crippen LogP contribution is -2.51. The van der Waals surface area contributed by atoms with Crippen LogP contribution in [0, 0.1) is 16.0 Å². The molecule has 0 unspecified atom stereocenters. The number of nitrogens with one attached hydrogen (secondary N) is 2. The fourth-order valence-corrected chi connectivity index (χ4v) is 2.59. The van der Waals surface area contributed by atoms with Gasteiger partial charge in [-0.25, -0.2) is 4.79 Å². The summed E-state index contributed by atoms with van der Waals surface area (Å²) in [5.74, 6) is -1.53. The number of carbonyl (C=O) groups excluding carboxylic acids is 2. The fraction of sp³-hybridized carbons (Fsp3) is 0.412. The van der Waals surface area contributed by atoms with E-state index in [0.29, 0.717) is 5.56 Å². The van der Waals surface area contributed by atoms with Crippen molar-refractivity contribution in [3.63, 3.8) is 0 Å². The van der Waals surface area contributed by atoms with Crippen molar-refractivity contribution in [3.05, 3.63) is 52.2 Å². The Labute approximate surface area is 150 Å². The highest BCUT2D eigenvalue weighted by Gasteiger charge is 2.39. The first-order valence-corrected chi connectivity index (χ1v) is 8.08. The molecule has 1 aliphatic rings. The summed E-state index contributed by atoms with van der Waals surface area (Å²) in [6, 6.07) is 4.36. The molecule has 2 rings (SSSR count). The highest BCUT2D eigenvalue weighted by Crippen LogP contribution is 2.31. The molecule has 0 spiro atoms. The van der Waals surface area contributed by atoms with Crippen molar-refractivity contribution in [2.45, 2.75) is 26.0 Å². The highest BCUT2D eigenvalue weighted by atomic mass is 16.6.